The Bertz CT molecular complexity index is 975. The molecular weight excluding hydrogens is 366 g/mol. The molecule has 1 amide bonds. The Morgan fingerprint density at radius 2 is 1.93 bits per heavy atom. The van der Waals surface area contributed by atoms with Crippen LogP contribution in [0.15, 0.2) is 36.4 Å². The summed E-state index contributed by atoms with van der Waals surface area (Å²) in [6.07, 6.45) is 2.88. The highest BCUT2D eigenvalue weighted by Crippen LogP contribution is 2.34. The lowest BCUT2D eigenvalue weighted by Gasteiger charge is -2.28. The lowest BCUT2D eigenvalue weighted by molar-refractivity contribution is 0.102. The Hall–Kier alpha value is -2.64. The molecule has 0 aliphatic heterocycles. The number of nitrogens with two attached hydrogens (primary N) is 1. The first kappa shape index (κ1) is 17.8. The predicted molar refractivity (Wildman–Crippen MR) is 105 cm³/mol. The van der Waals surface area contributed by atoms with Crippen LogP contribution in [0.2, 0.25) is 5.15 Å². The minimum absolute atomic E-state index is 0.162. The van der Waals surface area contributed by atoms with E-state index in [9.17, 15) is 9.90 Å². The molecule has 4 N–H and O–H groups in total. The van der Waals surface area contributed by atoms with Crippen molar-refractivity contribution in [3.05, 3.63) is 47.1 Å². The fourth-order valence-electron chi connectivity index (χ4n) is 3.64. The predicted octanol–water partition coefficient (Wildman–Crippen LogP) is 3.40. The van der Waals surface area contributed by atoms with E-state index < -0.39 is 0 Å². The fourth-order valence-corrected chi connectivity index (χ4v) is 3.86. The first-order valence-corrected chi connectivity index (χ1v) is 9.28. The molecule has 7 nitrogen and oxygen atoms in total. The average molecular weight is 386 g/mol. The molecule has 8 heteroatoms. The van der Waals surface area contributed by atoms with Gasteiger partial charge in [0.25, 0.3) is 5.91 Å². The highest BCUT2D eigenvalue weighted by Gasteiger charge is 2.25. The summed E-state index contributed by atoms with van der Waals surface area (Å²) in [6.45, 7) is 0. The van der Waals surface area contributed by atoms with Crippen molar-refractivity contribution in [1.29, 1.82) is 0 Å². The summed E-state index contributed by atoms with van der Waals surface area (Å²) in [5.41, 5.74) is 7.79. The van der Waals surface area contributed by atoms with Crippen molar-refractivity contribution in [1.82, 2.24) is 14.5 Å². The number of pyridine rings is 1. The average Bonchev–Trinajstić information content (AvgIpc) is 2.99. The number of fused-ring (bicyclic) bond motifs is 1. The zero-order valence-electron chi connectivity index (χ0n) is 14.6. The number of aromatic nitrogens is 3. The Morgan fingerprint density at radius 3 is 2.67 bits per heavy atom. The van der Waals surface area contributed by atoms with Crippen LogP contribution in [0.25, 0.3) is 11.0 Å². The lowest BCUT2D eigenvalue weighted by Crippen LogP contribution is -2.24. The van der Waals surface area contributed by atoms with E-state index in [1.807, 2.05) is 24.3 Å². The lowest BCUT2D eigenvalue weighted by atomic mass is 9.93. The number of rotatable bonds is 3. The zero-order chi connectivity index (χ0) is 19.0. The molecule has 1 saturated carbocycles. The standard InChI is InChI=1S/C19H20ClN5O2/c20-16-9-11(10-17(21)23-16)18(27)24-19-22-14-3-1-2-4-15(14)25(19)12-5-7-13(26)8-6-12/h1-4,9-10,12-13,26H,5-8H2,(H2,21,23)(H,22,24,27). The molecule has 4 rings (SSSR count). The van der Waals surface area contributed by atoms with E-state index in [2.05, 4.69) is 19.9 Å². The van der Waals surface area contributed by atoms with E-state index in [0.717, 1.165) is 36.7 Å². The maximum absolute atomic E-state index is 12.7. The third-order valence-electron chi connectivity index (χ3n) is 4.93. The normalized spacial score (nSPS) is 19.9. The van der Waals surface area contributed by atoms with Gasteiger partial charge in [-0.1, -0.05) is 23.7 Å². The van der Waals surface area contributed by atoms with Gasteiger partial charge in [0.1, 0.15) is 11.0 Å². The van der Waals surface area contributed by atoms with E-state index in [1.54, 1.807) is 0 Å². The Labute approximate surface area is 161 Å². The third-order valence-corrected chi connectivity index (χ3v) is 5.12. The van der Waals surface area contributed by atoms with Crippen LogP contribution < -0.4 is 11.1 Å². The third kappa shape index (κ3) is 3.61. The van der Waals surface area contributed by atoms with Crippen molar-refractivity contribution in [2.45, 2.75) is 37.8 Å². The number of benzene rings is 1. The summed E-state index contributed by atoms with van der Waals surface area (Å²) in [6, 6.07) is 10.9. The smallest absolute Gasteiger partial charge is 0.258 e. The number of carbonyl (C=O) groups is 1. The van der Waals surface area contributed by atoms with Crippen molar-refractivity contribution in [2.75, 3.05) is 11.1 Å². The first-order valence-electron chi connectivity index (χ1n) is 8.90. The van der Waals surface area contributed by atoms with E-state index in [4.69, 9.17) is 17.3 Å². The maximum atomic E-state index is 12.7. The largest absolute Gasteiger partial charge is 0.393 e. The number of hydrogen-bond acceptors (Lipinski definition) is 5. The molecule has 0 spiro atoms. The number of imidazole rings is 1. The van der Waals surface area contributed by atoms with Crippen LogP contribution >= 0.6 is 11.6 Å². The van der Waals surface area contributed by atoms with Gasteiger partial charge in [0.2, 0.25) is 5.95 Å². The van der Waals surface area contributed by atoms with Crippen LogP contribution in [0.4, 0.5) is 11.8 Å². The molecule has 27 heavy (non-hydrogen) atoms. The van der Waals surface area contributed by atoms with E-state index in [0.29, 0.717) is 11.5 Å². The fraction of sp³-hybridized carbons (Fsp3) is 0.316. The number of carbonyl (C=O) groups excluding carboxylic acids is 1. The monoisotopic (exact) mass is 385 g/mol. The van der Waals surface area contributed by atoms with Gasteiger partial charge < -0.3 is 15.4 Å². The first-order chi connectivity index (χ1) is 13.0. The summed E-state index contributed by atoms with van der Waals surface area (Å²) in [5.74, 6) is 0.315. The van der Waals surface area contributed by atoms with Gasteiger partial charge in [-0.25, -0.2) is 9.97 Å². The summed E-state index contributed by atoms with van der Waals surface area (Å²) in [7, 11) is 0. The molecule has 1 fully saturated rings. The number of para-hydroxylation sites is 2. The molecular formula is C19H20ClN5O2. The van der Waals surface area contributed by atoms with Crippen LogP contribution in [0.1, 0.15) is 42.1 Å². The molecule has 0 bridgehead atoms. The molecule has 2 heterocycles. The molecule has 0 unspecified atom stereocenters. The molecule has 0 saturated heterocycles. The van der Waals surface area contributed by atoms with E-state index >= 15 is 0 Å². The summed E-state index contributed by atoms with van der Waals surface area (Å²) >= 11 is 5.91. The Kier molecular flexibility index (Phi) is 4.72. The molecule has 3 aromatic rings. The Balaban J connectivity index is 1.70. The highest BCUT2D eigenvalue weighted by atomic mass is 35.5. The number of hydrogen-bond donors (Lipinski definition) is 3. The van der Waals surface area contributed by atoms with Crippen LogP contribution in [-0.2, 0) is 0 Å². The number of nitrogens with zero attached hydrogens (tertiary/aromatic N) is 3. The van der Waals surface area contributed by atoms with E-state index in [1.165, 1.54) is 12.1 Å². The number of nitrogens with one attached hydrogen (secondary N) is 1. The minimum Gasteiger partial charge on any atom is -0.393 e. The zero-order valence-corrected chi connectivity index (χ0v) is 15.4. The van der Waals surface area contributed by atoms with Crippen molar-refractivity contribution in [3.63, 3.8) is 0 Å². The molecule has 1 aliphatic rings. The van der Waals surface area contributed by atoms with Gasteiger partial charge in [0, 0.05) is 11.6 Å². The van der Waals surface area contributed by atoms with Gasteiger partial charge in [-0.15, -0.1) is 0 Å². The molecule has 1 aromatic carbocycles. The number of aliphatic hydroxyl groups is 1. The molecule has 0 atom stereocenters. The second-order valence-corrected chi connectivity index (χ2v) is 7.20. The molecule has 0 radical (unpaired) electrons. The molecule has 1 aliphatic carbocycles. The Morgan fingerprint density at radius 1 is 1.19 bits per heavy atom. The molecule has 2 aromatic heterocycles. The summed E-state index contributed by atoms with van der Waals surface area (Å²) in [4.78, 5) is 21.2. The minimum atomic E-state index is -0.349. The van der Waals surface area contributed by atoms with Crippen LogP contribution in [-0.4, -0.2) is 31.7 Å². The second kappa shape index (κ2) is 7.17. The van der Waals surface area contributed by atoms with Gasteiger partial charge in [-0.2, -0.15) is 0 Å². The van der Waals surface area contributed by atoms with E-state index in [-0.39, 0.29) is 29.0 Å². The maximum Gasteiger partial charge on any atom is 0.258 e. The number of anilines is 2. The van der Waals surface area contributed by atoms with Gasteiger partial charge in [0.05, 0.1) is 17.1 Å². The van der Waals surface area contributed by atoms with Gasteiger partial charge in [-0.05, 0) is 49.9 Å². The van der Waals surface area contributed by atoms with Crippen LogP contribution in [0.5, 0.6) is 0 Å². The summed E-state index contributed by atoms with van der Waals surface area (Å²) in [5, 5.41) is 12.9. The van der Waals surface area contributed by atoms with Crippen LogP contribution in [0, 0.1) is 0 Å². The van der Waals surface area contributed by atoms with Gasteiger partial charge >= 0.3 is 0 Å². The molecule has 140 valence electrons. The number of halogens is 1. The van der Waals surface area contributed by atoms with Crippen LogP contribution in [0.3, 0.4) is 0 Å². The topological polar surface area (TPSA) is 106 Å². The number of nitrogen functional groups attached to an aromatic ring is 1. The highest BCUT2D eigenvalue weighted by molar-refractivity contribution is 6.30. The second-order valence-electron chi connectivity index (χ2n) is 6.81. The van der Waals surface area contributed by atoms with Gasteiger partial charge in [-0.3, -0.25) is 10.1 Å². The summed E-state index contributed by atoms with van der Waals surface area (Å²) < 4.78 is 2.06. The number of amides is 1. The number of aliphatic hydroxyl groups excluding tert-OH is 1. The van der Waals surface area contributed by atoms with Crippen molar-refractivity contribution >= 4 is 40.3 Å². The quantitative estimate of drug-likeness (QED) is 0.599. The van der Waals surface area contributed by atoms with Crippen molar-refractivity contribution < 1.29 is 9.90 Å². The van der Waals surface area contributed by atoms with Crippen molar-refractivity contribution in [2.24, 2.45) is 0 Å². The van der Waals surface area contributed by atoms with Crippen molar-refractivity contribution in [3.8, 4) is 0 Å². The SMILES string of the molecule is Nc1cc(C(=O)Nc2nc3ccccc3n2C2CCC(O)CC2)cc(Cl)n1. The van der Waals surface area contributed by atoms with Gasteiger partial charge in [0.15, 0.2) is 0 Å².